The van der Waals surface area contributed by atoms with Gasteiger partial charge >= 0.3 is 5.92 Å². The zero-order valence-corrected chi connectivity index (χ0v) is 10.2. The summed E-state index contributed by atoms with van der Waals surface area (Å²) in [5.41, 5.74) is 0.436. The number of Topliss-reactive ketones (excluding diaryl/α,β-unsaturated/α-hetero) is 1. The Morgan fingerprint density at radius 1 is 1.00 bits per heavy atom. The zero-order chi connectivity index (χ0) is 14.2. The summed E-state index contributed by atoms with van der Waals surface area (Å²) in [6.45, 7) is 0. The van der Waals surface area contributed by atoms with Crippen molar-refractivity contribution in [2.75, 3.05) is 0 Å². The summed E-state index contributed by atoms with van der Waals surface area (Å²) in [6.07, 6.45) is 0. The molecule has 0 spiro atoms. The number of carbonyl (C=O) groups excluding carboxylic acids is 1. The lowest BCUT2D eigenvalue weighted by Crippen LogP contribution is -2.26. The highest BCUT2D eigenvalue weighted by molar-refractivity contribution is 6.01. The highest BCUT2D eigenvalue weighted by Gasteiger charge is 2.46. The van der Waals surface area contributed by atoms with Crippen LogP contribution >= 0.6 is 0 Å². The first-order valence-corrected chi connectivity index (χ1v) is 5.93. The van der Waals surface area contributed by atoms with E-state index in [2.05, 4.69) is 4.98 Å². The van der Waals surface area contributed by atoms with Crippen LogP contribution < -0.4 is 0 Å². The molecule has 0 saturated carbocycles. The molecule has 0 radical (unpaired) electrons. The molecule has 20 heavy (non-hydrogen) atoms. The molecule has 0 unspecified atom stereocenters. The maximum atomic E-state index is 14.2. The van der Waals surface area contributed by atoms with E-state index in [-0.39, 0.29) is 11.1 Å². The Balaban J connectivity index is 2.05. The number of alkyl halides is 2. The molecule has 0 atom stereocenters. The van der Waals surface area contributed by atoms with Gasteiger partial charge in [-0.15, -0.1) is 0 Å². The number of para-hydroxylation sites is 2. The Kier molecular flexibility index (Phi) is 2.82. The Morgan fingerprint density at radius 3 is 2.35 bits per heavy atom. The summed E-state index contributed by atoms with van der Waals surface area (Å²) in [7, 11) is 0. The summed E-state index contributed by atoms with van der Waals surface area (Å²) in [4.78, 5) is 15.6. The van der Waals surface area contributed by atoms with E-state index in [4.69, 9.17) is 4.42 Å². The number of benzene rings is 2. The number of ketones is 1. The van der Waals surface area contributed by atoms with Crippen LogP contribution in [0.2, 0.25) is 0 Å². The lowest BCUT2D eigenvalue weighted by molar-refractivity contribution is -0.00923. The third-order valence-electron chi connectivity index (χ3n) is 2.88. The van der Waals surface area contributed by atoms with E-state index in [0.29, 0.717) is 5.52 Å². The molecule has 1 aromatic heterocycles. The molecule has 5 heteroatoms. The van der Waals surface area contributed by atoms with Crippen LogP contribution in [0.3, 0.4) is 0 Å². The highest BCUT2D eigenvalue weighted by atomic mass is 19.3. The van der Waals surface area contributed by atoms with Crippen molar-refractivity contribution < 1.29 is 18.0 Å². The molecule has 3 rings (SSSR count). The second-order valence-corrected chi connectivity index (χ2v) is 4.26. The number of oxazole rings is 1. The minimum atomic E-state index is -3.79. The maximum absolute atomic E-state index is 14.2. The second-order valence-electron chi connectivity index (χ2n) is 4.26. The van der Waals surface area contributed by atoms with Crippen LogP contribution in [-0.4, -0.2) is 10.8 Å². The molecular formula is C15H9F2NO2. The van der Waals surface area contributed by atoms with Gasteiger partial charge in [-0.1, -0.05) is 42.5 Å². The molecule has 2 aromatic carbocycles. The molecule has 1 heterocycles. The molecule has 0 amide bonds. The van der Waals surface area contributed by atoms with Gasteiger partial charge < -0.3 is 4.42 Å². The minimum Gasteiger partial charge on any atom is -0.435 e. The summed E-state index contributed by atoms with van der Waals surface area (Å²) in [5, 5.41) is 0. The Hall–Kier alpha value is -2.56. The van der Waals surface area contributed by atoms with Crippen molar-refractivity contribution in [2.45, 2.75) is 5.92 Å². The van der Waals surface area contributed by atoms with Gasteiger partial charge in [-0.25, -0.2) is 4.98 Å². The second kappa shape index (κ2) is 4.52. The number of aromatic nitrogens is 1. The molecular weight excluding hydrogens is 264 g/mol. The number of hydrogen-bond donors (Lipinski definition) is 0. The summed E-state index contributed by atoms with van der Waals surface area (Å²) in [5.74, 6) is -6.00. The topological polar surface area (TPSA) is 43.1 Å². The maximum Gasteiger partial charge on any atom is 0.383 e. The van der Waals surface area contributed by atoms with Crippen molar-refractivity contribution in [3.05, 3.63) is 66.1 Å². The van der Waals surface area contributed by atoms with Crippen molar-refractivity contribution >= 4 is 16.9 Å². The van der Waals surface area contributed by atoms with Gasteiger partial charge in [0.2, 0.25) is 5.78 Å². The minimum absolute atomic E-state index is 0.0836. The molecule has 0 aliphatic carbocycles. The van der Waals surface area contributed by atoms with Gasteiger partial charge in [0.25, 0.3) is 5.89 Å². The third-order valence-corrected chi connectivity index (χ3v) is 2.88. The molecule has 0 fully saturated rings. The van der Waals surface area contributed by atoms with Gasteiger partial charge in [0.05, 0.1) is 0 Å². The number of carbonyl (C=O) groups is 1. The van der Waals surface area contributed by atoms with E-state index < -0.39 is 17.6 Å². The monoisotopic (exact) mass is 273 g/mol. The van der Waals surface area contributed by atoms with Gasteiger partial charge in [-0.05, 0) is 12.1 Å². The molecule has 0 aliphatic rings. The van der Waals surface area contributed by atoms with Gasteiger partial charge in [0.15, 0.2) is 5.58 Å². The zero-order valence-electron chi connectivity index (χ0n) is 10.2. The van der Waals surface area contributed by atoms with E-state index in [1.54, 1.807) is 24.3 Å². The number of rotatable bonds is 3. The predicted molar refractivity (Wildman–Crippen MR) is 68.7 cm³/mol. The summed E-state index contributed by atoms with van der Waals surface area (Å²) in [6, 6.07) is 13.7. The van der Waals surface area contributed by atoms with Crippen molar-refractivity contribution in [1.29, 1.82) is 0 Å². The molecule has 3 aromatic rings. The number of fused-ring (bicyclic) bond motifs is 1. The van der Waals surface area contributed by atoms with Crippen LogP contribution in [0.15, 0.2) is 59.0 Å². The molecule has 0 N–H and O–H groups in total. The van der Waals surface area contributed by atoms with Gasteiger partial charge in [0, 0.05) is 5.56 Å². The lowest BCUT2D eigenvalue weighted by Gasteiger charge is -2.10. The Morgan fingerprint density at radius 2 is 1.65 bits per heavy atom. The Bertz CT molecular complexity index is 733. The smallest absolute Gasteiger partial charge is 0.383 e. The van der Waals surface area contributed by atoms with Crippen LogP contribution in [0.25, 0.3) is 11.1 Å². The van der Waals surface area contributed by atoms with Crippen LogP contribution in [0.5, 0.6) is 0 Å². The third kappa shape index (κ3) is 1.97. The van der Waals surface area contributed by atoms with Gasteiger partial charge in [-0.2, -0.15) is 8.78 Å². The SMILES string of the molecule is O=C(c1ccccc1)C(F)(F)c1nc2ccccc2o1. The van der Waals surface area contributed by atoms with Crippen LogP contribution in [0, 0.1) is 0 Å². The van der Waals surface area contributed by atoms with Crippen molar-refractivity contribution in [2.24, 2.45) is 0 Å². The van der Waals surface area contributed by atoms with Gasteiger partial charge in [0.1, 0.15) is 5.52 Å². The fourth-order valence-electron chi connectivity index (χ4n) is 1.87. The van der Waals surface area contributed by atoms with E-state index in [9.17, 15) is 13.6 Å². The average molecular weight is 273 g/mol. The van der Waals surface area contributed by atoms with E-state index in [0.717, 1.165) is 0 Å². The molecule has 0 saturated heterocycles. The van der Waals surface area contributed by atoms with Crippen LogP contribution in [0.1, 0.15) is 16.2 Å². The molecule has 0 aliphatic heterocycles. The Labute approximate surface area is 112 Å². The standard InChI is InChI=1S/C15H9F2NO2/c16-15(17,13(19)10-6-2-1-3-7-10)14-18-11-8-4-5-9-12(11)20-14/h1-9H. The van der Waals surface area contributed by atoms with Crippen LogP contribution in [0.4, 0.5) is 8.78 Å². The first-order valence-electron chi connectivity index (χ1n) is 5.93. The normalized spacial score (nSPS) is 11.7. The van der Waals surface area contributed by atoms with E-state index in [1.807, 2.05) is 0 Å². The van der Waals surface area contributed by atoms with Gasteiger partial charge in [-0.3, -0.25) is 4.79 Å². The first-order chi connectivity index (χ1) is 9.59. The van der Waals surface area contributed by atoms with Crippen molar-refractivity contribution in [3.63, 3.8) is 0 Å². The molecule has 3 nitrogen and oxygen atoms in total. The fourth-order valence-corrected chi connectivity index (χ4v) is 1.87. The number of halogens is 2. The highest BCUT2D eigenvalue weighted by Crippen LogP contribution is 2.33. The summed E-state index contributed by atoms with van der Waals surface area (Å²) < 4.78 is 33.3. The lowest BCUT2D eigenvalue weighted by atomic mass is 10.1. The van der Waals surface area contributed by atoms with E-state index >= 15 is 0 Å². The van der Waals surface area contributed by atoms with Crippen molar-refractivity contribution in [1.82, 2.24) is 4.98 Å². The number of nitrogens with zero attached hydrogens (tertiary/aromatic N) is 1. The largest absolute Gasteiger partial charge is 0.435 e. The molecule has 100 valence electrons. The quantitative estimate of drug-likeness (QED) is 0.682. The van der Waals surface area contributed by atoms with Crippen LogP contribution in [-0.2, 0) is 5.92 Å². The average Bonchev–Trinajstić information content (AvgIpc) is 2.92. The van der Waals surface area contributed by atoms with E-state index in [1.165, 1.54) is 30.3 Å². The number of hydrogen-bond acceptors (Lipinski definition) is 3. The molecule has 0 bridgehead atoms. The predicted octanol–water partition coefficient (Wildman–Crippen LogP) is 3.80. The first kappa shape index (κ1) is 12.5. The van der Waals surface area contributed by atoms with Crippen molar-refractivity contribution in [3.8, 4) is 0 Å². The fraction of sp³-hybridized carbons (Fsp3) is 0.0667. The summed E-state index contributed by atoms with van der Waals surface area (Å²) >= 11 is 0.